The van der Waals surface area contributed by atoms with Gasteiger partial charge < -0.3 is 10.4 Å². The monoisotopic (exact) mass is 299 g/mol. The second-order valence-corrected chi connectivity index (χ2v) is 5.28. The van der Waals surface area contributed by atoms with Crippen LogP contribution in [0.4, 0.5) is 0 Å². The van der Waals surface area contributed by atoms with Crippen LogP contribution in [0.5, 0.6) is 0 Å². The van der Waals surface area contributed by atoms with E-state index in [-0.39, 0.29) is 0 Å². The minimum Gasteiger partial charge on any atom is -0.396 e. The molecule has 3 heteroatoms. The van der Waals surface area contributed by atoms with Crippen molar-refractivity contribution in [3.05, 3.63) is 34.3 Å². The van der Waals surface area contributed by atoms with Crippen molar-refractivity contribution in [3.8, 4) is 0 Å². The molecular formula is C14H22BrNO. The highest BCUT2D eigenvalue weighted by molar-refractivity contribution is 9.10. The number of benzene rings is 1. The standard InChI is InChI=1S/C14H22BrNO/c1-12(13-7-6-8-14(15)11-13)16-9-4-2-3-5-10-17/h6-8,11-12,16-17H,2-5,9-10H2,1H3/t12-/m0/s1. The summed E-state index contributed by atoms with van der Waals surface area (Å²) in [6.45, 7) is 3.55. The van der Waals surface area contributed by atoms with Crippen LogP contribution < -0.4 is 5.32 Å². The summed E-state index contributed by atoms with van der Waals surface area (Å²) in [6, 6.07) is 8.81. The number of rotatable bonds is 8. The third-order valence-corrected chi connectivity index (χ3v) is 3.38. The molecule has 2 nitrogen and oxygen atoms in total. The third-order valence-electron chi connectivity index (χ3n) is 2.88. The largest absolute Gasteiger partial charge is 0.396 e. The Balaban J connectivity index is 2.19. The van der Waals surface area contributed by atoms with E-state index >= 15 is 0 Å². The molecule has 0 radical (unpaired) electrons. The van der Waals surface area contributed by atoms with Gasteiger partial charge in [-0.1, -0.05) is 40.9 Å². The Bertz CT molecular complexity index is 317. The van der Waals surface area contributed by atoms with Crippen LogP contribution in [-0.4, -0.2) is 18.3 Å². The van der Waals surface area contributed by atoms with Gasteiger partial charge in [-0.05, 0) is 44.0 Å². The van der Waals surface area contributed by atoms with Crippen LogP contribution in [0, 0.1) is 0 Å². The van der Waals surface area contributed by atoms with E-state index < -0.39 is 0 Å². The fourth-order valence-corrected chi connectivity index (χ4v) is 2.22. The van der Waals surface area contributed by atoms with Crippen LogP contribution in [0.1, 0.15) is 44.2 Å². The van der Waals surface area contributed by atoms with E-state index in [0.29, 0.717) is 12.6 Å². The fraction of sp³-hybridized carbons (Fsp3) is 0.571. The van der Waals surface area contributed by atoms with Crippen molar-refractivity contribution in [2.75, 3.05) is 13.2 Å². The third kappa shape index (κ3) is 6.20. The lowest BCUT2D eigenvalue weighted by atomic mass is 10.1. The van der Waals surface area contributed by atoms with Gasteiger partial charge in [0, 0.05) is 17.1 Å². The lowest BCUT2D eigenvalue weighted by Gasteiger charge is -2.14. The molecule has 1 rings (SSSR count). The summed E-state index contributed by atoms with van der Waals surface area (Å²) >= 11 is 3.49. The summed E-state index contributed by atoms with van der Waals surface area (Å²) in [5, 5.41) is 12.2. The zero-order chi connectivity index (χ0) is 12.5. The second kappa shape index (κ2) is 8.67. The number of hydrogen-bond donors (Lipinski definition) is 2. The highest BCUT2D eigenvalue weighted by Crippen LogP contribution is 2.17. The van der Waals surface area contributed by atoms with Gasteiger partial charge in [-0.3, -0.25) is 0 Å². The van der Waals surface area contributed by atoms with E-state index in [1.165, 1.54) is 18.4 Å². The van der Waals surface area contributed by atoms with Crippen molar-refractivity contribution in [1.29, 1.82) is 0 Å². The smallest absolute Gasteiger partial charge is 0.0431 e. The number of unbranched alkanes of at least 4 members (excludes halogenated alkanes) is 3. The highest BCUT2D eigenvalue weighted by Gasteiger charge is 2.03. The number of nitrogens with one attached hydrogen (secondary N) is 1. The molecule has 0 aromatic heterocycles. The topological polar surface area (TPSA) is 32.3 Å². The molecule has 0 aliphatic heterocycles. The van der Waals surface area contributed by atoms with Gasteiger partial charge in [-0.25, -0.2) is 0 Å². The van der Waals surface area contributed by atoms with Gasteiger partial charge in [-0.2, -0.15) is 0 Å². The first-order valence-electron chi connectivity index (χ1n) is 6.33. The van der Waals surface area contributed by atoms with Gasteiger partial charge >= 0.3 is 0 Å². The van der Waals surface area contributed by atoms with Crippen molar-refractivity contribution >= 4 is 15.9 Å². The van der Waals surface area contributed by atoms with Crippen LogP contribution in [0.3, 0.4) is 0 Å². The lowest BCUT2D eigenvalue weighted by Crippen LogP contribution is -2.19. The molecule has 17 heavy (non-hydrogen) atoms. The summed E-state index contributed by atoms with van der Waals surface area (Å²) < 4.78 is 1.13. The van der Waals surface area contributed by atoms with Gasteiger partial charge in [0.25, 0.3) is 0 Å². The average Bonchev–Trinajstić information content (AvgIpc) is 2.33. The molecule has 0 fully saturated rings. The van der Waals surface area contributed by atoms with Gasteiger partial charge in [0.05, 0.1) is 0 Å². The van der Waals surface area contributed by atoms with E-state index in [1.54, 1.807) is 0 Å². The maximum Gasteiger partial charge on any atom is 0.0431 e. The molecule has 0 spiro atoms. The van der Waals surface area contributed by atoms with Crippen molar-refractivity contribution in [2.24, 2.45) is 0 Å². The first-order chi connectivity index (χ1) is 8.24. The Hall–Kier alpha value is -0.380. The summed E-state index contributed by atoms with van der Waals surface area (Å²) in [6.07, 6.45) is 4.43. The highest BCUT2D eigenvalue weighted by atomic mass is 79.9. The van der Waals surface area contributed by atoms with Gasteiger partial charge in [0.15, 0.2) is 0 Å². The maximum absolute atomic E-state index is 8.67. The van der Waals surface area contributed by atoms with E-state index in [1.807, 2.05) is 6.07 Å². The minimum absolute atomic E-state index is 0.321. The molecule has 2 N–H and O–H groups in total. The number of aliphatic hydroxyl groups is 1. The summed E-state index contributed by atoms with van der Waals surface area (Å²) in [5.74, 6) is 0. The Kier molecular flexibility index (Phi) is 7.49. The fourth-order valence-electron chi connectivity index (χ4n) is 1.80. The number of hydrogen-bond acceptors (Lipinski definition) is 2. The van der Waals surface area contributed by atoms with Gasteiger partial charge in [0.2, 0.25) is 0 Å². The van der Waals surface area contributed by atoms with Crippen LogP contribution in [0.25, 0.3) is 0 Å². The molecule has 1 atom stereocenters. The summed E-state index contributed by atoms with van der Waals surface area (Å²) in [7, 11) is 0. The van der Waals surface area contributed by atoms with Crippen molar-refractivity contribution in [3.63, 3.8) is 0 Å². The maximum atomic E-state index is 8.67. The van der Waals surface area contributed by atoms with Gasteiger partial charge in [0.1, 0.15) is 0 Å². The van der Waals surface area contributed by atoms with Crippen molar-refractivity contribution in [1.82, 2.24) is 5.32 Å². The predicted molar refractivity (Wildman–Crippen MR) is 76.1 cm³/mol. The molecule has 0 bridgehead atoms. The minimum atomic E-state index is 0.321. The zero-order valence-corrected chi connectivity index (χ0v) is 12.0. The summed E-state index contributed by atoms with van der Waals surface area (Å²) in [4.78, 5) is 0. The van der Waals surface area contributed by atoms with E-state index in [2.05, 4.69) is 46.4 Å². The summed E-state index contributed by atoms with van der Waals surface area (Å²) in [5.41, 5.74) is 1.31. The quantitative estimate of drug-likeness (QED) is 0.718. The molecule has 96 valence electrons. The molecule has 0 amide bonds. The lowest BCUT2D eigenvalue weighted by molar-refractivity contribution is 0.282. The molecule has 0 saturated carbocycles. The average molecular weight is 300 g/mol. The molecule has 0 heterocycles. The molecule has 1 aromatic carbocycles. The first-order valence-corrected chi connectivity index (χ1v) is 7.13. The Morgan fingerprint density at radius 3 is 2.71 bits per heavy atom. The SMILES string of the molecule is C[C@H](NCCCCCCO)c1cccc(Br)c1. The van der Waals surface area contributed by atoms with E-state index in [0.717, 1.165) is 23.9 Å². The Morgan fingerprint density at radius 2 is 2.00 bits per heavy atom. The van der Waals surface area contributed by atoms with Crippen LogP contribution >= 0.6 is 15.9 Å². The van der Waals surface area contributed by atoms with Crippen LogP contribution in [-0.2, 0) is 0 Å². The van der Waals surface area contributed by atoms with Crippen molar-refractivity contribution < 1.29 is 5.11 Å². The van der Waals surface area contributed by atoms with E-state index in [4.69, 9.17) is 5.11 Å². The second-order valence-electron chi connectivity index (χ2n) is 4.37. The van der Waals surface area contributed by atoms with Crippen molar-refractivity contribution in [2.45, 2.75) is 38.6 Å². The van der Waals surface area contributed by atoms with Crippen LogP contribution in [0.15, 0.2) is 28.7 Å². The molecular weight excluding hydrogens is 278 g/mol. The zero-order valence-electron chi connectivity index (χ0n) is 10.5. The normalized spacial score (nSPS) is 12.6. The Morgan fingerprint density at radius 1 is 1.24 bits per heavy atom. The first kappa shape index (κ1) is 14.7. The number of halogens is 1. The molecule has 0 saturated heterocycles. The molecule has 1 aromatic rings. The number of aliphatic hydroxyl groups excluding tert-OH is 1. The Labute approximate surface area is 113 Å². The molecule has 0 aliphatic rings. The molecule has 0 unspecified atom stereocenters. The molecule has 0 aliphatic carbocycles. The predicted octanol–water partition coefficient (Wildman–Crippen LogP) is 3.65. The van der Waals surface area contributed by atoms with Crippen LogP contribution in [0.2, 0.25) is 0 Å². The van der Waals surface area contributed by atoms with Gasteiger partial charge in [-0.15, -0.1) is 0 Å². The van der Waals surface area contributed by atoms with E-state index in [9.17, 15) is 0 Å².